The van der Waals surface area contributed by atoms with Crippen molar-refractivity contribution in [3.63, 3.8) is 0 Å². The van der Waals surface area contributed by atoms with Crippen molar-refractivity contribution in [3.8, 4) is 0 Å². The van der Waals surface area contributed by atoms with Gasteiger partial charge in [0.15, 0.2) is 0 Å². The van der Waals surface area contributed by atoms with E-state index in [0.29, 0.717) is 0 Å². The van der Waals surface area contributed by atoms with Crippen LogP contribution in [0.3, 0.4) is 0 Å². The van der Waals surface area contributed by atoms with Crippen LogP contribution in [-0.2, 0) is 34.1 Å². The van der Waals surface area contributed by atoms with Crippen LogP contribution in [0.1, 0.15) is 16.7 Å². The van der Waals surface area contributed by atoms with Crippen molar-refractivity contribution in [2.75, 3.05) is 74.3 Å². The second kappa shape index (κ2) is 14.0. The number of nitrogens with zero attached hydrogens (tertiary/aromatic N) is 3. The molecule has 0 atom stereocenters. The second-order valence-electron chi connectivity index (χ2n) is 9.15. The predicted molar refractivity (Wildman–Crippen MR) is 156 cm³/mol. The fraction of sp³-hybridized carbons (Fsp3) is 0.464. The van der Waals surface area contributed by atoms with Crippen LogP contribution in [0.5, 0.6) is 0 Å². The lowest BCUT2D eigenvalue weighted by Crippen LogP contribution is -2.37. The summed E-state index contributed by atoms with van der Waals surface area (Å²) >= 11 is 1.85. The van der Waals surface area contributed by atoms with E-state index < -0.39 is 10.8 Å². The molecule has 0 radical (unpaired) electrons. The normalized spacial score (nSPS) is 17.4. The molecule has 2 aromatic carbocycles. The third-order valence-corrected chi connectivity index (χ3v) is 9.07. The number of aliphatic imine (C=N–C) groups is 1. The largest absolute Gasteiger partial charge is 0.378 e. The number of thioether (sulfide) groups is 1. The Labute approximate surface area is 222 Å². The van der Waals surface area contributed by atoms with Gasteiger partial charge in [0, 0.05) is 83.1 Å². The number of likely N-dealkylation sites (N-methyl/N-ethyl adjacent to an activating group) is 1. The van der Waals surface area contributed by atoms with Gasteiger partial charge in [0.1, 0.15) is 0 Å². The van der Waals surface area contributed by atoms with Gasteiger partial charge in [0.25, 0.3) is 0 Å². The summed E-state index contributed by atoms with van der Waals surface area (Å²) < 4.78 is 17.2. The summed E-state index contributed by atoms with van der Waals surface area (Å²) in [6.07, 6.45) is 3.75. The van der Waals surface area contributed by atoms with Crippen LogP contribution in [-0.4, -0.2) is 75.4 Å². The summed E-state index contributed by atoms with van der Waals surface area (Å²) in [5, 5.41) is 3.28. The monoisotopic (exact) mass is 526 g/mol. The highest BCUT2D eigenvalue weighted by molar-refractivity contribution is 8.02. The first-order chi connectivity index (χ1) is 17.7. The Bertz CT molecular complexity index is 1040. The highest BCUT2D eigenvalue weighted by Gasteiger charge is 2.16. The standard InChI is InChI=1S/C28H38N4O2S2/c1-29-10-9-24-5-8-27(31-11-15-34-16-12-31)20-25(24)22-35-28(21-30-2)19-23-3-6-26(7-4-23)32-13-17-36(33)18-14-32/h3-8,20-21,29H,2,9-19,22H2,1H3/b28-21-. The minimum absolute atomic E-state index is 0.655. The Balaban J connectivity index is 1.42. The molecule has 0 bridgehead atoms. The van der Waals surface area contributed by atoms with Gasteiger partial charge in [-0.05, 0) is 67.7 Å². The van der Waals surface area contributed by atoms with E-state index in [1.807, 2.05) is 25.0 Å². The number of rotatable bonds is 11. The minimum Gasteiger partial charge on any atom is -0.378 e. The summed E-state index contributed by atoms with van der Waals surface area (Å²) in [4.78, 5) is 10.1. The van der Waals surface area contributed by atoms with Gasteiger partial charge in [0.2, 0.25) is 0 Å². The summed E-state index contributed by atoms with van der Waals surface area (Å²) in [7, 11) is 1.35. The number of morpholine rings is 1. The third kappa shape index (κ3) is 7.68. The van der Waals surface area contributed by atoms with Gasteiger partial charge in [-0.25, -0.2) is 0 Å². The molecule has 2 aromatic rings. The lowest BCUT2D eigenvalue weighted by atomic mass is 10.0. The van der Waals surface area contributed by atoms with Gasteiger partial charge in [-0.3, -0.25) is 9.20 Å². The third-order valence-electron chi connectivity index (χ3n) is 6.72. The van der Waals surface area contributed by atoms with Gasteiger partial charge in [-0.15, -0.1) is 11.8 Å². The van der Waals surface area contributed by atoms with E-state index in [9.17, 15) is 4.21 Å². The number of nitrogens with one attached hydrogen (secondary N) is 1. The van der Waals surface area contributed by atoms with E-state index in [4.69, 9.17) is 4.74 Å². The van der Waals surface area contributed by atoms with Gasteiger partial charge >= 0.3 is 0 Å². The van der Waals surface area contributed by atoms with Crippen molar-refractivity contribution in [3.05, 3.63) is 70.3 Å². The zero-order chi connectivity index (χ0) is 25.2. The van der Waals surface area contributed by atoms with Gasteiger partial charge in [-0.2, -0.15) is 0 Å². The molecule has 2 aliphatic heterocycles. The topological polar surface area (TPSA) is 57.2 Å². The van der Waals surface area contributed by atoms with Gasteiger partial charge in [0.05, 0.1) is 13.2 Å². The van der Waals surface area contributed by atoms with E-state index in [1.54, 1.807) is 0 Å². The predicted octanol–water partition coefficient (Wildman–Crippen LogP) is 3.87. The molecule has 1 N–H and O–H groups in total. The molecule has 8 heteroatoms. The van der Waals surface area contributed by atoms with Crippen LogP contribution in [0, 0.1) is 0 Å². The zero-order valence-electron chi connectivity index (χ0n) is 21.3. The molecule has 2 heterocycles. The zero-order valence-corrected chi connectivity index (χ0v) is 22.9. The molecule has 0 spiro atoms. The van der Waals surface area contributed by atoms with Crippen molar-refractivity contribution in [1.29, 1.82) is 0 Å². The molecule has 2 aliphatic rings. The van der Waals surface area contributed by atoms with Crippen LogP contribution in [0.15, 0.2) is 58.6 Å². The summed E-state index contributed by atoms with van der Waals surface area (Å²) in [6, 6.07) is 15.7. The number of benzene rings is 2. The smallest absolute Gasteiger partial charge is 0.0642 e. The molecular weight excluding hydrogens is 488 g/mol. The summed E-state index contributed by atoms with van der Waals surface area (Å²) in [5.74, 6) is 2.43. The number of hydrogen-bond donors (Lipinski definition) is 1. The summed E-state index contributed by atoms with van der Waals surface area (Å²) in [6.45, 7) is 9.88. The second-order valence-corrected chi connectivity index (χ2v) is 11.9. The molecule has 0 unspecified atom stereocenters. The molecule has 4 rings (SSSR count). The SMILES string of the molecule is C=N/C=C(/Cc1ccc(N2CCS(=O)CC2)cc1)SCc1cc(N2CCOCC2)ccc1CCNC. The van der Waals surface area contributed by atoms with Crippen LogP contribution < -0.4 is 15.1 Å². The van der Waals surface area contributed by atoms with E-state index in [0.717, 1.165) is 76.0 Å². The van der Waals surface area contributed by atoms with Crippen LogP contribution in [0.2, 0.25) is 0 Å². The van der Waals surface area contributed by atoms with Crippen molar-refractivity contribution in [1.82, 2.24) is 5.32 Å². The van der Waals surface area contributed by atoms with Crippen molar-refractivity contribution < 1.29 is 8.95 Å². The molecule has 0 amide bonds. The van der Waals surface area contributed by atoms with E-state index in [1.165, 1.54) is 33.0 Å². The molecule has 0 saturated carbocycles. The molecule has 0 aromatic heterocycles. The van der Waals surface area contributed by atoms with Gasteiger partial charge in [-0.1, -0.05) is 18.2 Å². The van der Waals surface area contributed by atoms with Crippen LogP contribution >= 0.6 is 11.8 Å². The lowest BCUT2D eigenvalue weighted by Gasteiger charge is -2.29. The van der Waals surface area contributed by atoms with Crippen LogP contribution in [0.25, 0.3) is 0 Å². The minimum atomic E-state index is -0.655. The Kier molecular flexibility index (Phi) is 10.5. The van der Waals surface area contributed by atoms with Crippen molar-refractivity contribution in [2.45, 2.75) is 18.6 Å². The first-order valence-electron chi connectivity index (χ1n) is 12.7. The van der Waals surface area contributed by atoms with E-state index in [2.05, 4.69) is 69.3 Å². The van der Waals surface area contributed by atoms with Gasteiger partial charge < -0.3 is 19.9 Å². The number of anilines is 2. The first-order valence-corrected chi connectivity index (χ1v) is 15.2. The maximum atomic E-state index is 11.7. The Morgan fingerprint density at radius 2 is 1.75 bits per heavy atom. The molecule has 36 heavy (non-hydrogen) atoms. The average Bonchev–Trinajstić information content (AvgIpc) is 2.92. The maximum Gasteiger partial charge on any atom is 0.0642 e. The highest BCUT2D eigenvalue weighted by atomic mass is 32.2. The number of hydrogen-bond acceptors (Lipinski definition) is 7. The Morgan fingerprint density at radius 1 is 1.06 bits per heavy atom. The van der Waals surface area contributed by atoms with Crippen molar-refractivity contribution >= 4 is 40.7 Å². The number of allylic oxidation sites excluding steroid dienone is 1. The molecule has 194 valence electrons. The maximum absolute atomic E-state index is 11.7. The molecule has 2 saturated heterocycles. The molecule has 2 fully saturated rings. The van der Waals surface area contributed by atoms with Crippen LogP contribution in [0.4, 0.5) is 11.4 Å². The van der Waals surface area contributed by atoms with E-state index in [-0.39, 0.29) is 0 Å². The quantitative estimate of drug-likeness (QED) is 0.449. The first kappa shape index (κ1) is 26.9. The average molecular weight is 527 g/mol. The molecule has 6 nitrogen and oxygen atoms in total. The fourth-order valence-corrected chi connectivity index (χ4v) is 6.68. The summed E-state index contributed by atoms with van der Waals surface area (Å²) in [5.41, 5.74) is 6.54. The Morgan fingerprint density at radius 3 is 2.44 bits per heavy atom. The highest BCUT2D eigenvalue weighted by Crippen LogP contribution is 2.30. The molecular formula is C28H38N4O2S2. The number of ether oxygens (including phenoxy) is 1. The van der Waals surface area contributed by atoms with Crippen molar-refractivity contribution in [2.24, 2.45) is 4.99 Å². The fourth-order valence-electron chi connectivity index (χ4n) is 4.60. The lowest BCUT2D eigenvalue weighted by molar-refractivity contribution is 0.122. The molecule has 0 aliphatic carbocycles. The van der Waals surface area contributed by atoms with E-state index >= 15 is 0 Å². The Hall–Kier alpha value is -2.13.